The first-order chi connectivity index (χ1) is 10.1. The summed E-state index contributed by atoms with van der Waals surface area (Å²) in [5, 5.41) is 3.33. The SMILES string of the molecule is CCNCC1CCCN(S(=O)(=O)N(CCOC)C2CC2)C1. The van der Waals surface area contributed by atoms with Gasteiger partial charge in [0.2, 0.25) is 0 Å². The molecule has 6 nitrogen and oxygen atoms in total. The van der Waals surface area contributed by atoms with E-state index in [2.05, 4.69) is 12.2 Å². The molecule has 0 radical (unpaired) electrons. The Kier molecular flexibility index (Phi) is 6.43. The predicted molar refractivity (Wildman–Crippen MR) is 83.4 cm³/mol. The molecular formula is C14H29N3O3S. The Morgan fingerprint density at radius 2 is 2.10 bits per heavy atom. The average Bonchev–Trinajstić information content (AvgIpc) is 3.30. The minimum Gasteiger partial charge on any atom is -0.383 e. The molecule has 1 heterocycles. The van der Waals surface area contributed by atoms with Crippen LogP contribution in [0.3, 0.4) is 0 Å². The van der Waals surface area contributed by atoms with Gasteiger partial charge >= 0.3 is 0 Å². The van der Waals surface area contributed by atoms with Gasteiger partial charge in [0.05, 0.1) is 6.61 Å². The predicted octanol–water partition coefficient (Wildman–Crippen LogP) is 0.664. The van der Waals surface area contributed by atoms with E-state index < -0.39 is 10.2 Å². The molecule has 1 atom stereocenters. The fourth-order valence-corrected chi connectivity index (χ4v) is 4.88. The minimum atomic E-state index is -3.33. The van der Waals surface area contributed by atoms with Crippen molar-refractivity contribution < 1.29 is 13.2 Å². The molecule has 2 aliphatic rings. The smallest absolute Gasteiger partial charge is 0.282 e. The normalized spacial score (nSPS) is 24.6. The molecule has 124 valence electrons. The zero-order valence-electron chi connectivity index (χ0n) is 13.3. The fraction of sp³-hybridized carbons (Fsp3) is 1.00. The summed E-state index contributed by atoms with van der Waals surface area (Å²) >= 11 is 0. The summed E-state index contributed by atoms with van der Waals surface area (Å²) in [6.45, 7) is 6.15. The number of rotatable bonds is 9. The first kappa shape index (κ1) is 17.1. The zero-order valence-corrected chi connectivity index (χ0v) is 14.1. The number of methoxy groups -OCH3 is 1. The van der Waals surface area contributed by atoms with Gasteiger partial charge in [-0.15, -0.1) is 0 Å². The first-order valence-corrected chi connectivity index (χ1v) is 9.45. The Hall–Kier alpha value is -0.210. The molecule has 7 heteroatoms. The van der Waals surface area contributed by atoms with Crippen molar-refractivity contribution in [1.29, 1.82) is 0 Å². The molecule has 1 saturated heterocycles. The highest BCUT2D eigenvalue weighted by atomic mass is 32.2. The third kappa shape index (κ3) is 4.63. The molecule has 0 aromatic carbocycles. The third-order valence-electron chi connectivity index (χ3n) is 4.26. The van der Waals surface area contributed by atoms with E-state index in [9.17, 15) is 8.42 Å². The Morgan fingerprint density at radius 3 is 2.71 bits per heavy atom. The van der Waals surface area contributed by atoms with Crippen molar-refractivity contribution >= 4 is 10.2 Å². The summed E-state index contributed by atoms with van der Waals surface area (Å²) < 4.78 is 34.2. The number of ether oxygens (including phenoxy) is 1. The largest absolute Gasteiger partial charge is 0.383 e. The maximum absolute atomic E-state index is 12.9. The lowest BCUT2D eigenvalue weighted by molar-refractivity contribution is 0.170. The fourth-order valence-electron chi connectivity index (χ4n) is 2.93. The van der Waals surface area contributed by atoms with Crippen LogP contribution >= 0.6 is 0 Å². The second-order valence-corrected chi connectivity index (χ2v) is 7.90. The van der Waals surface area contributed by atoms with E-state index >= 15 is 0 Å². The Balaban J connectivity index is 1.99. The Morgan fingerprint density at radius 1 is 1.33 bits per heavy atom. The van der Waals surface area contributed by atoms with Crippen LogP contribution in [0.15, 0.2) is 0 Å². The van der Waals surface area contributed by atoms with Crippen LogP contribution in [0.1, 0.15) is 32.6 Å². The van der Waals surface area contributed by atoms with Crippen molar-refractivity contribution in [2.75, 3.05) is 46.4 Å². The van der Waals surface area contributed by atoms with E-state index in [4.69, 9.17) is 4.74 Å². The van der Waals surface area contributed by atoms with E-state index in [1.165, 1.54) is 0 Å². The highest BCUT2D eigenvalue weighted by Crippen LogP contribution is 2.31. The van der Waals surface area contributed by atoms with Gasteiger partial charge in [0.15, 0.2) is 0 Å². The number of hydrogen-bond donors (Lipinski definition) is 1. The van der Waals surface area contributed by atoms with E-state index in [0.717, 1.165) is 38.8 Å². The lowest BCUT2D eigenvalue weighted by atomic mass is 10.00. The van der Waals surface area contributed by atoms with Crippen LogP contribution in [0.25, 0.3) is 0 Å². The van der Waals surface area contributed by atoms with Gasteiger partial charge in [0.1, 0.15) is 0 Å². The van der Waals surface area contributed by atoms with E-state index in [0.29, 0.717) is 32.2 Å². The highest BCUT2D eigenvalue weighted by Gasteiger charge is 2.41. The average molecular weight is 319 g/mol. The molecule has 2 rings (SSSR count). The van der Waals surface area contributed by atoms with Crippen molar-refractivity contribution in [3.8, 4) is 0 Å². The topological polar surface area (TPSA) is 61.9 Å². The van der Waals surface area contributed by atoms with Crippen molar-refractivity contribution in [3.05, 3.63) is 0 Å². The van der Waals surface area contributed by atoms with Gasteiger partial charge < -0.3 is 10.1 Å². The maximum Gasteiger partial charge on any atom is 0.282 e. The van der Waals surface area contributed by atoms with Crippen LogP contribution in [0, 0.1) is 5.92 Å². The number of nitrogens with one attached hydrogen (secondary N) is 1. The molecular weight excluding hydrogens is 290 g/mol. The molecule has 1 unspecified atom stereocenters. The van der Waals surface area contributed by atoms with Crippen LogP contribution in [0.4, 0.5) is 0 Å². The van der Waals surface area contributed by atoms with Gasteiger partial charge in [0, 0.05) is 32.8 Å². The van der Waals surface area contributed by atoms with Crippen molar-refractivity contribution in [2.24, 2.45) is 5.92 Å². The van der Waals surface area contributed by atoms with Crippen LogP contribution < -0.4 is 5.32 Å². The highest BCUT2D eigenvalue weighted by molar-refractivity contribution is 7.86. The van der Waals surface area contributed by atoms with Gasteiger partial charge in [0.25, 0.3) is 10.2 Å². The molecule has 21 heavy (non-hydrogen) atoms. The standard InChI is InChI=1S/C14H29N3O3S/c1-3-15-11-13-5-4-8-16(12-13)21(18,19)17(9-10-20-2)14-6-7-14/h13-15H,3-12H2,1-2H3. The van der Waals surface area contributed by atoms with E-state index in [1.807, 2.05) is 0 Å². The lowest BCUT2D eigenvalue weighted by Crippen LogP contribution is -2.50. The molecule has 0 aromatic rings. The third-order valence-corrected chi connectivity index (χ3v) is 6.31. The van der Waals surface area contributed by atoms with E-state index in [1.54, 1.807) is 15.7 Å². The Bertz CT molecular complexity index is 412. The second-order valence-electron chi connectivity index (χ2n) is 6.02. The number of hydrogen-bond acceptors (Lipinski definition) is 4. The maximum atomic E-state index is 12.9. The molecule has 1 saturated carbocycles. The summed E-state index contributed by atoms with van der Waals surface area (Å²) in [6, 6.07) is 0.194. The number of piperidine rings is 1. The summed E-state index contributed by atoms with van der Waals surface area (Å²) in [5.74, 6) is 0.428. The number of nitrogens with zero attached hydrogens (tertiary/aromatic N) is 2. The van der Waals surface area contributed by atoms with Crippen molar-refractivity contribution in [2.45, 2.75) is 38.6 Å². The van der Waals surface area contributed by atoms with Gasteiger partial charge in [-0.3, -0.25) is 0 Å². The van der Waals surface area contributed by atoms with Gasteiger partial charge in [-0.2, -0.15) is 17.0 Å². The quantitative estimate of drug-likeness (QED) is 0.678. The molecule has 0 spiro atoms. The Labute approximate surface area is 129 Å². The van der Waals surface area contributed by atoms with Gasteiger partial charge in [-0.1, -0.05) is 6.92 Å². The van der Waals surface area contributed by atoms with Crippen molar-refractivity contribution in [1.82, 2.24) is 13.9 Å². The summed E-state index contributed by atoms with van der Waals surface area (Å²) in [6.07, 6.45) is 4.04. The van der Waals surface area contributed by atoms with Gasteiger partial charge in [-0.05, 0) is 44.7 Å². The molecule has 1 aliphatic heterocycles. The molecule has 1 aliphatic carbocycles. The minimum absolute atomic E-state index is 0.194. The van der Waals surface area contributed by atoms with Crippen LogP contribution in [-0.4, -0.2) is 69.5 Å². The summed E-state index contributed by atoms with van der Waals surface area (Å²) in [5.41, 5.74) is 0. The molecule has 2 fully saturated rings. The molecule has 0 bridgehead atoms. The van der Waals surface area contributed by atoms with Crippen LogP contribution in [0.5, 0.6) is 0 Å². The zero-order chi connectivity index (χ0) is 15.3. The van der Waals surface area contributed by atoms with Gasteiger partial charge in [-0.25, -0.2) is 0 Å². The summed E-state index contributed by atoms with van der Waals surface area (Å²) in [7, 11) is -1.72. The molecule has 0 aromatic heterocycles. The van der Waals surface area contributed by atoms with E-state index in [-0.39, 0.29) is 6.04 Å². The second kappa shape index (κ2) is 7.87. The first-order valence-electron chi connectivity index (χ1n) is 8.06. The van der Waals surface area contributed by atoms with Crippen molar-refractivity contribution in [3.63, 3.8) is 0 Å². The van der Waals surface area contributed by atoms with Crippen LogP contribution in [0.2, 0.25) is 0 Å². The lowest BCUT2D eigenvalue weighted by Gasteiger charge is -2.35. The molecule has 1 N–H and O–H groups in total. The summed E-state index contributed by atoms with van der Waals surface area (Å²) in [4.78, 5) is 0. The van der Waals surface area contributed by atoms with Crippen LogP contribution in [-0.2, 0) is 14.9 Å². The monoisotopic (exact) mass is 319 g/mol. The molecule has 0 amide bonds.